The molecule has 1 N–H and O–H groups in total. The van der Waals surface area contributed by atoms with Gasteiger partial charge in [0, 0.05) is 29.2 Å². The summed E-state index contributed by atoms with van der Waals surface area (Å²) in [6.07, 6.45) is 1.54. The molecule has 0 spiro atoms. The molecule has 6 rings (SSSR count). The molecule has 0 unspecified atom stereocenters. The van der Waals surface area contributed by atoms with Crippen molar-refractivity contribution in [2.24, 2.45) is 0 Å². The third-order valence-corrected chi connectivity index (χ3v) is 6.24. The van der Waals surface area contributed by atoms with E-state index in [0.29, 0.717) is 53.0 Å². The number of hydrogen-bond donors (Lipinski definition) is 1. The molecule has 2 aromatic carbocycles. The second-order valence-corrected chi connectivity index (χ2v) is 8.97. The zero-order valence-electron chi connectivity index (χ0n) is 20.7. The lowest BCUT2D eigenvalue weighted by atomic mass is 10.1. The van der Waals surface area contributed by atoms with Crippen molar-refractivity contribution >= 4 is 22.6 Å². The van der Waals surface area contributed by atoms with Gasteiger partial charge in [-0.05, 0) is 43.7 Å². The lowest BCUT2D eigenvalue weighted by Crippen LogP contribution is -2.22. The Morgan fingerprint density at radius 2 is 1.79 bits per heavy atom. The van der Waals surface area contributed by atoms with Gasteiger partial charge in [0.1, 0.15) is 31.0 Å². The minimum absolute atomic E-state index is 0.0664. The molecule has 1 aliphatic heterocycles. The van der Waals surface area contributed by atoms with Crippen molar-refractivity contribution in [3.63, 3.8) is 0 Å². The number of pyridine rings is 2. The van der Waals surface area contributed by atoms with Gasteiger partial charge in [-0.15, -0.1) is 0 Å². The monoisotopic (exact) mass is 509 g/mol. The number of rotatable bonds is 5. The molecule has 0 saturated carbocycles. The molecular formula is C28H23N5O5. The van der Waals surface area contributed by atoms with Crippen LogP contribution in [0.25, 0.3) is 33.9 Å². The summed E-state index contributed by atoms with van der Waals surface area (Å²) in [7, 11) is 0. The van der Waals surface area contributed by atoms with E-state index >= 15 is 0 Å². The highest BCUT2D eigenvalue weighted by Crippen LogP contribution is 2.32. The predicted octanol–water partition coefficient (Wildman–Crippen LogP) is 4.14. The van der Waals surface area contributed by atoms with Gasteiger partial charge in [0.2, 0.25) is 17.2 Å². The highest BCUT2D eigenvalue weighted by Gasteiger charge is 2.20. The van der Waals surface area contributed by atoms with Crippen LogP contribution in [0, 0.1) is 13.8 Å². The minimum atomic E-state index is -0.313. The maximum absolute atomic E-state index is 13.4. The molecule has 3 aromatic heterocycles. The first-order valence-electron chi connectivity index (χ1n) is 12.1. The van der Waals surface area contributed by atoms with Gasteiger partial charge in [0.05, 0.1) is 5.39 Å². The van der Waals surface area contributed by atoms with Crippen LogP contribution in [-0.2, 0) is 11.3 Å². The van der Waals surface area contributed by atoms with E-state index < -0.39 is 0 Å². The molecule has 10 heteroatoms. The van der Waals surface area contributed by atoms with Crippen molar-refractivity contribution in [1.29, 1.82) is 0 Å². The number of hydrogen-bond acceptors (Lipinski definition) is 8. The van der Waals surface area contributed by atoms with Crippen LogP contribution in [0.3, 0.4) is 0 Å². The number of aromatic nitrogens is 4. The molecule has 0 aliphatic carbocycles. The van der Waals surface area contributed by atoms with Crippen molar-refractivity contribution < 1.29 is 18.8 Å². The molecule has 5 aromatic rings. The number of fused-ring (bicyclic) bond motifs is 2. The molecule has 1 aliphatic rings. The van der Waals surface area contributed by atoms with Crippen molar-refractivity contribution in [2.45, 2.75) is 20.4 Å². The fourth-order valence-corrected chi connectivity index (χ4v) is 4.38. The second-order valence-electron chi connectivity index (χ2n) is 8.97. The third kappa shape index (κ3) is 4.36. The Bertz CT molecular complexity index is 1760. The second kappa shape index (κ2) is 9.47. The number of ether oxygens (including phenoxy) is 2. The van der Waals surface area contributed by atoms with E-state index in [-0.39, 0.29) is 29.3 Å². The van der Waals surface area contributed by atoms with E-state index in [4.69, 9.17) is 14.0 Å². The lowest BCUT2D eigenvalue weighted by Gasteiger charge is -2.19. The number of nitrogens with one attached hydrogen (secondary N) is 1. The van der Waals surface area contributed by atoms with Gasteiger partial charge in [-0.2, -0.15) is 4.98 Å². The maximum atomic E-state index is 13.4. The summed E-state index contributed by atoms with van der Waals surface area (Å²) in [4.78, 5) is 35.5. The van der Waals surface area contributed by atoms with Crippen molar-refractivity contribution in [1.82, 2.24) is 19.7 Å². The number of benzene rings is 2. The summed E-state index contributed by atoms with van der Waals surface area (Å²) < 4.78 is 18.3. The largest absolute Gasteiger partial charge is 0.486 e. The van der Waals surface area contributed by atoms with Crippen LogP contribution < -0.4 is 20.2 Å². The average molecular weight is 510 g/mol. The van der Waals surface area contributed by atoms with E-state index in [9.17, 15) is 9.59 Å². The van der Waals surface area contributed by atoms with E-state index in [0.717, 1.165) is 11.1 Å². The fourth-order valence-electron chi connectivity index (χ4n) is 4.38. The van der Waals surface area contributed by atoms with Crippen LogP contribution >= 0.6 is 0 Å². The molecule has 0 fully saturated rings. The normalized spacial score (nSPS) is 12.5. The standard InChI is InChI=1S/C28H23N5O5/c1-16-5-3-4-6-19(16)26-31-28(38-32-26)21-14-33(27-20(25(21)35)9-7-17(2)29-27)15-24(34)30-18-8-10-22-23(13-18)37-12-11-36-22/h3-10,13-14H,11-12,15H2,1-2H3,(H,30,34). The Kier molecular flexibility index (Phi) is 5.83. The van der Waals surface area contributed by atoms with Crippen molar-refractivity contribution in [3.8, 4) is 34.3 Å². The Morgan fingerprint density at radius 3 is 2.63 bits per heavy atom. The third-order valence-electron chi connectivity index (χ3n) is 6.24. The van der Waals surface area contributed by atoms with Gasteiger partial charge in [0.15, 0.2) is 11.5 Å². The molecule has 0 saturated heterocycles. The van der Waals surface area contributed by atoms with E-state index in [1.165, 1.54) is 6.20 Å². The van der Waals surface area contributed by atoms with Gasteiger partial charge in [-0.1, -0.05) is 29.4 Å². The maximum Gasteiger partial charge on any atom is 0.263 e. The van der Waals surface area contributed by atoms with Crippen LogP contribution in [0.2, 0.25) is 0 Å². The number of aryl methyl sites for hydroxylation is 2. The summed E-state index contributed by atoms with van der Waals surface area (Å²) in [5, 5.41) is 7.31. The molecule has 0 radical (unpaired) electrons. The quantitative estimate of drug-likeness (QED) is 0.375. The van der Waals surface area contributed by atoms with E-state index in [1.54, 1.807) is 34.9 Å². The topological polar surface area (TPSA) is 121 Å². The number of nitrogens with zero attached hydrogens (tertiary/aromatic N) is 4. The summed E-state index contributed by atoms with van der Waals surface area (Å²) in [5.74, 6) is 1.34. The number of anilines is 1. The van der Waals surface area contributed by atoms with Crippen LogP contribution in [0.1, 0.15) is 11.3 Å². The molecule has 38 heavy (non-hydrogen) atoms. The summed E-state index contributed by atoms with van der Waals surface area (Å²) >= 11 is 0. The van der Waals surface area contributed by atoms with Crippen molar-refractivity contribution in [2.75, 3.05) is 18.5 Å². The van der Waals surface area contributed by atoms with Crippen LogP contribution in [-0.4, -0.2) is 38.8 Å². The van der Waals surface area contributed by atoms with Gasteiger partial charge in [-0.25, -0.2) is 4.98 Å². The highest BCUT2D eigenvalue weighted by atomic mass is 16.6. The molecule has 190 valence electrons. The Morgan fingerprint density at radius 1 is 0.974 bits per heavy atom. The number of carbonyl (C=O) groups is 1. The van der Waals surface area contributed by atoms with E-state index in [2.05, 4.69) is 20.4 Å². The molecule has 4 heterocycles. The fraction of sp³-hybridized carbons (Fsp3) is 0.179. The van der Waals surface area contributed by atoms with Gasteiger partial charge in [0.25, 0.3) is 5.89 Å². The molecule has 10 nitrogen and oxygen atoms in total. The van der Waals surface area contributed by atoms with Crippen LogP contribution in [0.5, 0.6) is 11.5 Å². The Balaban J connectivity index is 1.36. The summed E-state index contributed by atoms with van der Waals surface area (Å²) in [6.45, 7) is 4.60. The first-order chi connectivity index (χ1) is 18.5. The average Bonchev–Trinajstić information content (AvgIpc) is 3.40. The molecule has 1 amide bonds. The van der Waals surface area contributed by atoms with Gasteiger partial charge < -0.3 is 23.9 Å². The smallest absolute Gasteiger partial charge is 0.263 e. The van der Waals surface area contributed by atoms with Crippen LogP contribution in [0.15, 0.2) is 70.1 Å². The van der Waals surface area contributed by atoms with Crippen molar-refractivity contribution in [3.05, 3.63) is 82.3 Å². The minimum Gasteiger partial charge on any atom is -0.486 e. The lowest BCUT2D eigenvalue weighted by molar-refractivity contribution is -0.116. The molecule has 0 bridgehead atoms. The number of carbonyl (C=O) groups excluding carboxylic acids is 1. The van der Waals surface area contributed by atoms with Gasteiger partial charge >= 0.3 is 0 Å². The summed E-state index contributed by atoms with van der Waals surface area (Å²) in [6, 6.07) is 16.3. The van der Waals surface area contributed by atoms with Gasteiger partial charge in [-0.3, -0.25) is 9.59 Å². The first-order valence-corrected chi connectivity index (χ1v) is 12.1. The van der Waals surface area contributed by atoms with E-state index in [1.807, 2.05) is 38.1 Å². The predicted molar refractivity (Wildman–Crippen MR) is 140 cm³/mol. The zero-order chi connectivity index (χ0) is 26.2. The highest BCUT2D eigenvalue weighted by molar-refractivity contribution is 5.92. The Labute approximate surface area is 216 Å². The summed E-state index contributed by atoms with van der Waals surface area (Å²) in [5.41, 5.74) is 3.32. The SMILES string of the molecule is Cc1ccc2c(=O)c(-c3nc(-c4ccccc4C)no3)cn(CC(=O)Nc3ccc4c(c3)OCCO4)c2n1. The zero-order valence-corrected chi connectivity index (χ0v) is 20.7. The van der Waals surface area contributed by atoms with Crippen LogP contribution in [0.4, 0.5) is 5.69 Å². The number of amides is 1. The molecule has 0 atom stereocenters. The Hall–Kier alpha value is -4.99. The molecular weight excluding hydrogens is 486 g/mol. The first kappa shape index (κ1) is 23.4.